The molecule has 142 valence electrons. The molecule has 4 unspecified atom stereocenters. The van der Waals surface area contributed by atoms with Crippen molar-refractivity contribution in [2.24, 2.45) is 22.7 Å². The fourth-order valence-electron chi connectivity index (χ4n) is 5.73. The van der Waals surface area contributed by atoms with Crippen LogP contribution in [0.15, 0.2) is 0 Å². The SMILES string of the molecule is CC1(CCC(=O)O)CC2CC(CCC(=O)O)CC(CCC(=O)O)(C2)C1. The van der Waals surface area contributed by atoms with Crippen LogP contribution in [0.3, 0.4) is 0 Å². The molecule has 0 aromatic carbocycles. The second kappa shape index (κ2) is 7.75. The van der Waals surface area contributed by atoms with Gasteiger partial charge in [-0.05, 0) is 74.0 Å². The average molecular weight is 354 g/mol. The number of carbonyl (C=O) groups is 3. The number of fused-ring (bicyclic) bond motifs is 2. The van der Waals surface area contributed by atoms with E-state index in [-0.39, 0.29) is 30.1 Å². The molecule has 2 bridgehead atoms. The third-order valence-electron chi connectivity index (χ3n) is 6.27. The second-order valence-corrected chi connectivity index (χ2v) is 8.79. The summed E-state index contributed by atoms with van der Waals surface area (Å²) in [4.78, 5) is 33.0. The van der Waals surface area contributed by atoms with Gasteiger partial charge < -0.3 is 15.3 Å². The van der Waals surface area contributed by atoms with Crippen LogP contribution in [0.4, 0.5) is 0 Å². The maximum absolute atomic E-state index is 11.1. The zero-order valence-electron chi connectivity index (χ0n) is 15.0. The Morgan fingerprint density at radius 3 is 2.08 bits per heavy atom. The van der Waals surface area contributed by atoms with Crippen LogP contribution < -0.4 is 0 Å². The molecule has 2 aliphatic carbocycles. The Morgan fingerprint density at radius 2 is 1.48 bits per heavy atom. The minimum Gasteiger partial charge on any atom is -0.481 e. The summed E-state index contributed by atoms with van der Waals surface area (Å²) in [5, 5.41) is 27.1. The van der Waals surface area contributed by atoms with Crippen LogP contribution >= 0.6 is 0 Å². The van der Waals surface area contributed by atoms with Crippen LogP contribution in [-0.4, -0.2) is 33.2 Å². The van der Waals surface area contributed by atoms with Crippen molar-refractivity contribution in [2.75, 3.05) is 0 Å². The largest absolute Gasteiger partial charge is 0.481 e. The van der Waals surface area contributed by atoms with Crippen molar-refractivity contribution < 1.29 is 29.7 Å². The summed E-state index contributed by atoms with van der Waals surface area (Å²) >= 11 is 0. The first-order valence-corrected chi connectivity index (χ1v) is 9.27. The van der Waals surface area contributed by atoms with Crippen LogP contribution in [0.5, 0.6) is 0 Å². The van der Waals surface area contributed by atoms with Crippen LogP contribution in [0.2, 0.25) is 0 Å². The zero-order chi connectivity index (χ0) is 18.7. The number of carboxylic acid groups (broad SMARTS) is 3. The van der Waals surface area contributed by atoms with E-state index in [2.05, 4.69) is 6.92 Å². The Morgan fingerprint density at radius 1 is 0.880 bits per heavy atom. The highest BCUT2D eigenvalue weighted by molar-refractivity contribution is 5.67. The topological polar surface area (TPSA) is 112 Å². The van der Waals surface area contributed by atoms with Crippen molar-refractivity contribution >= 4 is 17.9 Å². The molecule has 2 fully saturated rings. The smallest absolute Gasteiger partial charge is 0.303 e. The fourth-order valence-corrected chi connectivity index (χ4v) is 5.73. The van der Waals surface area contributed by atoms with Crippen molar-refractivity contribution in [3.8, 4) is 0 Å². The van der Waals surface area contributed by atoms with Crippen LogP contribution in [0.1, 0.15) is 77.6 Å². The van der Waals surface area contributed by atoms with Crippen molar-refractivity contribution in [1.82, 2.24) is 0 Å². The van der Waals surface area contributed by atoms with E-state index in [1.807, 2.05) is 0 Å². The summed E-state index contributed by atoms with van der Waals surface area (Å²) < 4.78 is 0. The Balaban J connectivity index is 2.12. The Hall–Kier alpha value is -1.59. The van der Waals surface area contributed by atoms with Gasteiger partial charge in [0.2, 0.25) is 0 Å². The van der Waals surface area contributed by atoms with Crippen LogP contribution in [-0.2, 0) is 14.4 Å². The van der Waals surface area contributed by atoms with Gasteiger partial charge in [-0.2, -0.15) is 0 Å². The molecule has 6 heteroatoms. The number of carboxylic acids is 3. The van der Waals surface area contributed by atoms with Gasteiger partial charge in [0.15, 0.2) is 0 Å². The molecule has 25 heavy (non-hydrogen) atoms. The van der Waals surface area contributed by atoms with Crippen molar-refractivity contribution in [1.29, 1.82) is 0 Å². The third-order valence-corrected chi connectivity index (χ3v) is 6.27. The van der Waals surface area contributed by atoms with E-state index in [9.17, 15) is 14.4 Å². The molecule has 0 radical (unpaired) electrons. The lowest BCUT2D eigenvalue weighted by atomic mass is 9.50. The molecule has 2 aliphatic rings. The number of hydrogen-bond donors (Lipinski definition) is 3. The van der Waals surface area contributed by atoms with E-state index >= 15 is 0 Å². The van der Waals surface area contributed by atoms with Crippen molar-refractivity contribution in [3.05, 3.63) is 0 Å². The van der Waals surface area contributed by atoms with Gasteiger partial charge in [-0.3, -0.25) is 14.4 Å². The normalized spacial score (nSPS) is 34.4. The minimum absolute atomic E-state index is 0.0580. The molecule has 6 nitrogen and oxygen atoms in total. The second-order valence-electron chi connectivity index (χ2n) is 8.79. The Kier molecular flexibility index (Phi) is 6.12. The maximum Gasteiger partial charge on any atom is 0.303 e. The van der Waals surface area contributed by atoms with Gasteiger partial charge in [0.25, 0.3) is 0 Å². The minimum atomic E-state index is -0.795. The van der Waals surface area contributed by atoms with E-state index in [0.29, 0.717) is 31.1 Å². The molecular weight excluding hydrogens is 324 g/mol. The monoisotopic (exact) mass is 354 g/mol. The van der Waals surface area contributed by atoms with Gasteiger partial charge in [0, 0.05) is 19.3 Å². The molecular formula is C19H30O6. The van der Waals surface area contributed by atoms with Crippen LogP contribution in [0, 0.1) is 22.7 Å². The molecule has 0 amide bonds. The first-order valence-electron chi connectivity index (χ1n) is 9.27. The van der Waals surface area contributed by atoms with E-state index in [1.54, 1.807) is 0 Å². The number of aliphatic carboxylic acids is 3. The summed E-state index contributed by atoms with van der Waals surface area (Å²) in [6, 6.07) is 0. The number of hydrogen-bond acceptors (Lipinski definition) is 3. The molecule has 0 aliphatic heterocycles. The third kappa shape index (κ3) is 5.72. The van der Waals surface area contributed by atoms with Crippen molar-refractivity contribution in [2.45, 2.75) is 77.6 Å². The van der Waals surface area contributed by atoms with Crippen molar-refractivity contribution in [3.63, 3.8) is 0 Å². The summed E-state index contributed by atoms with van der Waals surface area (Å²) in [7, 11) is 0. The molecule has 3 N–H and O–H groups in total. The molecule has 4 atom stereocenters. The molecule has 2 rings (SSSR count). The summed E-state index contributed by atoms with van der Waals surface area (Å²) in [6.07, 6.45) is 7.07. The summed E-state index contributed by atoms with van der Waals surface area (Å²) in [5.41, 5.74) is -0.131. The van der Waals surface area contributed by atoms with Gasteiger partial charge >= 0.3 is 17.9 Å². The maximum atomic E-state index is 11.1. The molecule has 0 aromatic heterocycles. The standard InChI is InChI=1S/C19H30O6/c1-18(6-4-16(22)23)9-14-8-13(2-3-15(20)21)10-19(11-14,12-18)7-5-17(24)25/h13-14H,2-12H2,1H3,(H,20,21)(H,22,23)(H,24,25). The summed E-state index contributed by atoms with van der Waals surface area (Å²) in [6.45, 7) is 2.15. The average Bonchev–Trinajstić information content (AvgIpc) is 2.48. The van der Waals surface area contributed by atoms with Gasteiger partial charge in [-0.25, -0.2) is 0 Å². The lowest BCUT2D eigenvalue weighted by Gasteiger charge is -2.55. The van der Waals surface area contributed by atoms with E-state index < -0.39 is 17.9 Å². The highest BCUT2D eigenvalue weighted by atomic mass is 16.4. The van der Waals surface area contributed by atoms with Gasteiger partial charge in [-0.15, -0.1) is 0 Å². The van der Waals surface area contributed by atoms with Gasteiger partial charge in [-0.1, -0.05) is 6.92 Å². The van der Waals surface area contributed by atoms with E-state index in [1.165, 1.54) is 0 Å². The molecule has 0 spiro atoms. The highest BCUT2D eigenvalue weighted by Crippen LogP contribution is 2.60. The quantitative estimate of drug-likeness (QED) is 0.581. The Labute approximate surface area is 148 Å². The lowest BCUT2D eigenvalue weighted by Crippen LogP contribution is -2.44. The predicted molar refractivity (Wildman–Crippen MR) is 91.2 cm³/mol. The van der Waals surface area contributed by atoms with Gasteiger partial charge in [0.1, 0.15) is 0 Å². The molecule has 0 heterocycles. The first kappa shape index (κ1) is 19.7. The van der Waals surface area contributed by atoms with Crippen LogP contribution in [0.25, 0.3) is 0 Å². The lowest BCUT2D eigenvalue weighted by molar-refractivity contribution is -0.139. The Bertz CT molecular complexity index is 528. The molecule has 0 aromatic rings. The molecule has 0 saturated heterocycles. The fraction of sp³-hybridized carbons (Fsp3) is 0.842. The first-order chi connectivity index (χ1) is 11.6. The zero-order valence-corrected chi connectivity index (χ0v) is 15.0. The summed E-state index contributed by atoms with van der Waals surface area (Å²) in [5.74, 6) is -1.56. The van der Waals surface area contributed by atoms with E-state index in [0.717, 1.165) is 32.1 Å². The predicted octanol–water partition coefficient (Wildman–Crippen LogP) is 3.78. The van der Waals surface area contributed by atoms with E-state index in [4.69, 9.17) is 15.3 Å². The highest BCUT2D eigenvalue weighted by Gasteiger charge is 2.49. The molecule has 2 saturated carbocycles. The number of rotatable bonds is 9. The van der Waals surface area contributed by atoms with Gasteiger partial charge in [0.05, 0.1) is 0 Å².